The van der Waals surface area contributed by atoms with Crippen LogP contribution in [0.2, 0.25) is 0 Å². The summed E-state index contributed by atoms with van der Waals surface area (Å²) in [4.78, 5) is 7.01. The van der Waals surface area contributed by atoms with Gasteiger partial charge in [-0.05, 0) is 0 Å². The fourth-order valence-electron chi connectivity index (χ4n) is 0.819. The van der Waals surface area contributed by atoms with Crippen LogP contribution in [0.3, 0.4) is 0 Å². The number of nitrogens with one attached hydrogen (secondary N) is 1. The molecule has 0 aromatic carbocycles. The standard InChI is InChI=1S/C7H5N2.BrH.Mg/c1-2-6-3-5-9-7(6)8-4-1;;/h1-2,4-5H,(H,8,9);1H;/q-1;;+2/p-1. The van der Waals surface area contributed by atoms with Crippen molar-refractivity contribution in [3.8, 4) is 0 Å². The first-order chi connectivity index (χ1) is 4.47. The van der Waals surface area contributed by atoms with Crippen LogP contribution in [0.25, 0.3) is 11.0 Å². The molecule has 0 radical (unpaired) electrons. The monoisotopic (exact) mass is 220 g/mol. The maximum absolute atomic E-state index is 4.05. The van der Waals surface area contributed by atoms with Gasteiger partial charge in [-0.15, -0.1) is 11.5 Å². The van der Waals surface area contributed by atoms with Crippen molar-refractivity contribution in [1.29, 1.82) is 0 Å². The predicted octanol–water partition coefficient (Wildman–Crippen LogP) is -2.01. The van der Waals surface area contributed by atoms with Gasteiger partial charge >= 0.3 is 23.1 Å². The maximum atomic E-state index is 4.05. The molecule has 2 nitrogen and oxygen atoms in total. The summed E-state index contributed by atoms with van der Waals surface area (Å²) in [6.45, 7) is 0. The number of H-pyrrole nitrogens is 1. The molecule has 0 unspecified atom stereocenters. The SMILES string of the molecule is [Br-].[Mg+2].[c-]1c[nH]c2ncccc12. The molecule has 11 heavy (non-hydrogen) atoms. The van der Waals surface area contributed by atoms with Crippen LogP contribution in [0.1, 0.15) is 0 Å². The fraction of sp³-hybridized carbons (Fsp3) is 0. The van der Waals surface area contributed by atoms with E-state index in [1.807, 2.05) is 12.1 Å². The third kappa shape index (κ3) is 2.18. The molecule has 0 atom stereocenters. The van der Waals surface area contributed by atoms with Gasteiger partial charge in [0.15, 0.2) is 0 Å². The largest absolute Gasteiger partial charge is 2.00 e. The average Bonchev–Trinajstić information content (AvgIpc) is 2.33. The molecule has 52 valence electrons. The van der Waals surface area contributed by atoms with Gasteiger partial charge < -0.3 is 26.9 Å². The van der Waals surface area contributed by atoms with Crippen LogP contribution in [0.4, 0.5) is 0 Å². The van der Waals surface area contributed by atoms with Crippen LogP contribution in [0.5, 0.6) is 0 Å². The first kappa shape index (κ1) is 10.9. The summed E-state index contributed by atoms with van der Waals surface area (Å²) in [5.41, 5.74) is 0.900. The van der Waals surface area contributed by atoms with Crippen molar-refractivity contribution in [2.24, 2.45) is 0 Å². The summed E-state index contributed by atoms with van der Waals surface area (Å²) in [7, 11) is 0. The number of fused-ring (bicyclic) bond motifs is 1. The van der Waals surface area contributed by atoms with Gasteiger partial charge in [-0.3, -0.25) is 0 Å². The van der Waals surface area contributed by atoms with E-state index in [1.165, 1.54) is 0 Å². The third-order valence-corrected chi connectivity index (χ3v) is 1.24. The van der Waals surface area contributed by atoms with E-state index in [0.29, 0.717) is 0 Å². The van der Waals surface area contributed by atoms with Gasteiger partial charge in [-0.2, -0.15) is 12.1 Å². The number of pyridine rings is 1. The summed E-state index contributed by atoms with van der Waals surface area (Å²) < 4.78 is 0. The Bertz CT molecular complexity index is 290. The number of hydrogen-bond acceptors (Lipinski definition) is 1. The van der Waals surface area contributed by atoms with Gasteiger partial charge in [0.25, 0.3) is 0 Å². The number of aromatic amines is 1. The Hall–Kier alpha value is -0.0638. The van der Waals surface area contributed by atoms with E-state index >= 15 is 0 Å². The predicted molar refractivity (Wildman–Crippen MR) is 40.7 cm³/mol. The number of rotatable bonds is 0. The van der Waals surface area contributed by atoms with Crippen molar-refractivity contribution in [3.05, 3.63) is 30.6 Å². The summed E-state index contributed by atoms with van der Waals surface area (Å²) in [6, 6.07) is 6.87. The van der Waals surface area contributed by atoms with E-state index in [-0.39, 0.29) is 40.0 Å². The van der Waals surface area contributed by atoms with E-state index in [9.17, 15) is 0 Å². The minimum Gasteiger partial charge on any atom is -1.00 e. The fourth-order valence-corrected chi connectivity index (χ4v) is 0.819. The molecule has 4 heteroatoms. The van der Waals surface area contributed by atoms with Gasteiger partial charge in [-0.25, -0.2) is 0 Å². The quantitative estimate of drug-likeness (QED) is 0.404. The van der Waals surface area contributed by atoms with Gasteiger partial charge in [0, 0.05) is 11.8 Å². The molecule has 0 bridgehead atoms. The van der Waals surface area contributed by atoms with Gasteiger partial charge in [0.2, 0.25) is 0 Å². The number of aromatic nitrogens is 2. The van der Waals surface area contributed by atoms with Crippen LogP contribution in [-0.2, 0) is 0 Å². The van der Waals surface area contributed by atoms with E-state index in [1.54, 1.807) is 12.4 Å². The van der Waals surface area contributed by atoms with Gasteiger partial charge in [0.05, 0.1) is 0 Å². The Balaban J connectivity index is 0.000000500. The summed E-state index contributed by atoms with van der Waals surface area (Å²) in [5.74, 6) is 0. The topological polar surface area (TPSA) is 28.7 Å². The second kappa shape index (κ2) is 4.74. The minimum absolute atomic E-state index is 0. The Morgan fingerprint density at radius 2 is 2.27 bits per heavy atom. The molecule has 2 rings (SSSR count). The average molecular weight is 221 g/mol. The van der Waals surface area contributed by atoms with E-state index in [2.05, 4.69) is 16.0 Å². The minimum atomic E-state index is 0. The van der Waals surface area contributed by atoms with Crippen molar-refractivity contribution in [1.82, 2.24) is 9.97 Å². The van der Waals surface area contributed by atoms with Crippen LogP contribution in [0.15, 0.2) is 24.5 Å². The zero-order valence-corrected chi connectivity index (χ0v) is 8.84. The smallest absolute Gasteiger partial charge is 1.00 e. The Morgan fingerprint density at radius 1 is 1.45 bits per heavy atom. The molecule has 0 saturated carbocycles. The van der Waals surface area contributed by atoms with Gasteiger partial charge in [0.1, 0.15) is 0 Å². The summed E-state index contributed by atoms with van der Waals surface area (Å²) >= 11 is 0. The molecule has 0 fully saturated rings. The Labute approximate surface area is 91.3 Å². The molecular formula is C7H5BrMgN2. The Kier molecular flexibility index (Phi) is 4.71. The molecule has 2 aromatic heterocycles. The normalized spacial score (nSPS) is 8.36. The molecule has 0 aliphatic carbocycles. The second-order valence-corrected chi connectivity index (χ2v) is 1.83. The molecular weight excluding hydrogens is 216 g/mol. The van der Waals surface area contributed by atoms with Crippen molar-refractivity contribution in [2.75, 3.05) is 0 Å². The molecule has 0 aliphatic heterocycles. The van der Waals surface area contributed by atoms with Gasteiger partial charge in [-0.1, -0.05) is 6.20 Å². The molecule has 2 heterocycles. The molecule has 1 N–H and O–H groups in total. The van der Waals surface area contributed by atoms with Crippen molar-refractivity contribution in [2.45, 2.75) is 0 Å². The summed E-state index contributed by atoms with van der Waals surface area (Å²) in [5, 5.41) is 1.04. The number of hydrogen-bond donors (Lipinski definition) is 1. The molecule has 0 spiro atoms. The zero-order valence-electron chi connectivity index (χ0n) is 5.84. The molecule has 2 aromatic rings. The number of nitrogens with zero attached hydrogens (tertiary/aromatic N) is 1. The van der Waals surface area contributed by atoms with E-state index < -0.39 is 0 Å². The van der Waals surface area contributed by atoms with Crippen LogP contribution < -0.4 is 17.0 Å². The van der Waals surface area contributed by atoms with Crippen LogP contribution in [-0.4, -0.2) is 33.0 Å². The van der Waals surface area contributed by atoms with Crippen molar-refractivity contribution >= 4 is 34.1 Å². The van der Waals surface area contributed by atoms with Crippen molar-refractivity contribution in [3.63, 3.8) is 0 Å². The van der Waals surface area contributed by atoms with E-state index in [4.69, 9.17) is 0 Å². The van der Waals surface area contributed by atoms with Crippen molar-refractivity contribution < 1.29 is 17.0 Å². The second-order valence-electron chi connectivity index (χ2n) is 1.83. The third-order valence-electron chi connectivity index (χ3n) is 1.24. The first-order valence-electron chi connectivity index (χ1n) is 2.76. The summed E-state index contributed by atoms with van der Waals surface area (Å²) in [6.07, 6.45) is 3.52. The molecule has 0 amide bonds. The first-order valence-corrected chi connectivity index (χ1v) is 2.76. The van der Waals surface area contributed by atoms with Crippen LogP contribution in [0, 0.1) is 6.07 Å². The molecule has 0 saturated heterocycles. The number of halogens is 1. The van der Waals surface area contributed by atoms with E-state index in [0.717, 1.165) is 11.0 Å². The zero-order chi connectivity index (χ0) is 6.10. The maximum Gasteiger partial charge on any atom is 2.00 e. The molecule has 0 aliphatic rings. The Morgan fingerprint density at radius 3 is 3.00 bits per heavy atom. The van der Waals surface area contributed by atoms with Crippen LogP contribution >= 0.6 is 0 Å².